The normalized spacial score (nSPS) is 15.2. The Morgan fingerprint density at radius 3 is 2.74 bits per heavy atom. The van der Waals surface area contributed by atoms with E-state index in [-0.39, 0.29) is 0 Å². The number of benzene rings is 1. The van der Waals surface area contributed by atoms with Gasteiger partial charge in [-0.15, -0.1) is 0 Å². The number of aryl methyl sites for hydroxylation is 3. The van der Waals surface area contributed by atoms with Gasteiger partial charge in [0.1, 0.15) is 0 Å². The first-order chi connectivity index (χ1) is 9.18. The summed E-state index contributed by atoms with van der Waals surface area (Å²) >= 11 is 0. The number of hydrogen-bond acceptors (Lipinski definition) is 3. The fourth-order valence-electron chi connectivity index (χ4n) is 2.89. The van der Waals surface area contributed by atoms with E-state index in [2.05, 4.69) is 34.3 Å². The molecule has 2 aromatic rings. The summed E-state index contributed by atoms with van der Waals surface area (Å²) in [7, 11) is 1.96. The monoisotopic (exact) mass is 256 g/mol. The lowest BCUT2D eigenvalue weighted by Gasteiger charge is -2.25. The van der Waals surface area contributed by atoms with Crippen LogP contribution >= 0.6 is 0 Å². The summed E-state index contributed by atoms with van der Waals surface area (Å²) < 4.78 is 1.90. The molecule has 1 aromatic carbocycles. The molecule has 2 heterocycles. The quantitative estimate of drug-likeness (QED) is 0.853. The van der Waals surface area contributed by atoms with Crippen molar-refractivity contribution in [2.24, 2.45) is 7.05 Å². The van der Waals surface area contributed by atoms with Gasteiger partial charge in [-0.3, -0.25) is 4.68 Å². The summed E-state index contributed by atoms with van der Waals surface area (Å²) in [5.41, 5.74) is 10.6. The maximum absolute atomic E-state index is 6.22. The molecule has 1 aliphatic heterocycles. The molecule has 4 nitrogen and oxygen atoms in total. The Hall–Kier alpha value is -1.97. The maximum Gasteiger partial charge on any atom is 0.154 e. The summed E-state index contributed by atoms with van der Waals surface area (Å²) in [5, 5.41) is 4.44. The van der Waals surface area contributed by atoms with Crippen LogP contribution in [0.1, 0.15) is 24.1 Å². The van der Waals surface area contributed by atoms with Crippen molar-refractivity contribution in [3.8, 4) is 0 Å². The predicted octanol–water partition coefficient (Wildman–Crippen LogP) is 2.79. The Bertz CT molecular complexity index is 600. The van der Waals surface area contributed by atoms with Crippen LogP contribution in [0.4, 0.5) is 17.2 Å². The van der Waals surface area contributed by atoms with Crippen molar-refractivity contribution < 1.29 is 0 Å². The Labute approximate surface area is 113 Å². The number of nitrogens with zero attached hydrogens (tertiary/aromatic N) is 3. The van der Waals surface area contributed by atoms with Gasteiger partial charge in [-0.1, -0.05) is 18.2 Å². The number of anilines is 3. The number of hydrogen-bond donors (Lipinski definition) is 1. The smallest absolute Gasteiger partial charge is 0.154 e. The van der Waals surface area contributed by atoms with Crippen LogP contribution in [0.5, 0.6) is 0 Å². The number of para-hydroxylation sites is 1. The van der Waals surface area contributed by atoms with Crippen molar-refractivity contribution >= 4 is 17.2 Å². The molecule has 0 spiro atoms. The van der Waals surface area contributed by atoms with Gasteiger partial charge in [-0.25, -0.2) is 0 Å². The van der Waals surface area contributed by atoms with Gasteiger partial charge < -0.3 is 10.6 Å². The van der Waals surface area contributed by atoms with Gasteiger partial charge in [-0.05, 0) is 37.8 Å². The summed E-state index contributed by atoms with van der Waals surface area (Å²) in [5.74, 6) is 1.02. The lowest BCUT2D eigenvalue weighted by molar-refractivity contribution is 0.715. The highest BCUT2D eigenvalue weighted by Gasteiger charge is 2.22. The summed E-state index contributed by atoms with van der Waals surface area (Å²) in [6, 6.07) is 8.60. The van der Waals surface area contributed by atoms with E-state index in [1.165, 1.54) is 24.1 Å². The zero-order valence-electron chi connectivity index (χ0n) is 11.6. The van der Waals surface area contributed by atoms with Crippen molar-refractivity contribution in [3.05, 3.63) is 35.5 Å². The number of nitrogens with two attached hydrogens (primary N) is 1. The van der Waals surface area contributed by atoms with E-state index in [1.54, 1.807) is 0 Å². The van der Waals surface area contributed by atoms with E-state index in [0.717, 1.165) is 30.2 Å². The Balaban J connectivity index is 2.14. The molecule has 0 radical (unpaired) electrons. The van der Waals surface area contributed by atoms with Gasteiger partial charge in [0.25, 0.3) is 0 Å². The van der Waals surface area contributed by atoms with Crippen molar-refractivity contribution in [3.63, 3.8) is 0 Å². The van der Waals surface area contributed by atoms with Gasteiger partial charge in [0.2, 0.25) is 0 Å². The van der Waals surface area contributed by atoms with Crippen LogP contribution < -0.4 is 10.6 Å². The first-order valence-corrected chi connectivity index (χ1v) is 6.83. The van der Waals surface area contributed by atoms with E-state index in [1.807, 2.05) is 18.7 Å². The van der Waals surface area contributed by atoms with Gasteiger partial charge in [0, 0.05) is 19.3 Å². The minimum Gasteiger partial charge on any atom is -0.394 e. The van der Waals surface area contributed by atoms with Crippen molar-refractivity contribution in [2.45, 2.75) is 26.2 Å². The third kappa shape index (κ3) is 1.97. The predicted molar refractivity (Wildman–Crippen MR) is 78.7 cm³/mol. The average Bonchev–Trinajstić information content (AvgIpc) is 2.58. The average molecular weight is 256 g/mol. The minimum atomic E-state index is 0.791. The molecule has 100 valence electrons. The SMILES string of the molecule is Cc1nn(C)c(N2CCCCc3ccccc32)c1N. The molecule has 1 aliphatic rings. The zero-order chi connectivity index (χ0) is 13.4. The van der Waals surface area contributed by atoms with E-state index in [4.69, 9.17) is 5.73 Å². The molecule has 0 saturated carbocycles. The molecule has 0 atom stereocenters. The van der Waals surface area contributed by atoms with Crippen molar-refractivity contribution in [1.82, 2.24) is 9.78 Å². The summed E-state index contributed by atoms with van der Waals surface area (Å²) in [6.45, 7) is 2.96. The van der Waals surface area contributed by atoms with Crippen LogP contribution in [0.2, 0.25) is 0 Å². The highest BCUT2D eigenvalue weighted by atomic mass is 15.4. The molecule has 1 aromatic heterocycles. The number of aromatic nitrogens is 2. The van der Waals surface area contributed by atoms with Crippen LogP contribution in [0.3, 0.4) is 0 Å². The minimum absolute atomic E-state index is 0.791. The highest BCUT2D eigenvalue weighted by Crippen LogP contribution is 2.36. The van der Waals surface area contributed by atoms with Gasteiger partial charge in [0.05, 0.1) is 11.4 Å². The van der Waals surface area contributed by atoms with Crippen LogP contribution in [-0.2, 0) is 13.5 Å². The second-order valence-corrected chi connectivity index (χ2v) is 5.18. The van der Waals surface area contributed by atoms with Gasteiger partial charge >= 0.3 is 0 Å². The molecular formula is C15H20N4. The van der Waals surface area contributed by atoms with E-state index in [9.17, 15) is 0 Å². The Morgan fingerprint density at radius 1 is 1.21 bits per heavy atom. The highest BCUT2D eigenvalue weighted by molar-refractivity contribution is 5.75. The first kappa shape index (κ1) is 12.1. The molecule has 0 bridgehead atoms. The van der Waals surface area contributed by atoms with Crippen LogP contribution in [0.15, 0.2) is 24.3 Å². The summed E-state index contributed by atoms with van der Waals surface area (Å²) in [6.07, 6.45) is 3.55. The lowest BCUT2D eigenvalue weighted by Crippen LogP contribution is -2.21. The fourth-order valence-corrected chi connectivity index (χ4v) is 2.89. The molecule has 0 aliphatic carbocycles. The molecule has 0 unspecified atom stereocenters. The van der Waals surface area contributed by atoms with Gasteiger partial charge in [-0.2, -0.15) is 5.10 Å². The molecule has 0 fully saturated rings. The topological polar surface area (TPSA) is 47.1 Å². The standard InChI is InChI=1S/C15H20N4/c1-11-14(16)15(18(2)17-11)19-10-6-5-8-12-7-3-4-9-13(12)19/h3-4,7,9H,5-6,8,10,16H2,1-2H3. The van der Waals surface area contributed by atoms with E-state index < -0.39 is 0 Å². The number of fused-ring (bicyclic) bond motifs is 1. The molecule has 3 rings (SSSR count). The maximum atomic E-state index is 6.22. The third-order valence-electron chi connectivity index (χ3n) is 3.85. The second-order valence-electron chi connectivity index (χ2n) is 5.18. The fraction of sp³-hybridized carbons (Fsp3) is 0.400. The van der Waals surface area contributed by atoms with E-state index in [0.29, 0.717) is 0 Å². The summed E-state index contributed by atoms with van der Waals surface area (Å²) in [4.78, 5) is 2.32. The number of rotatable bonds is 1. The molecule has 2 N–H and O–H groups in total. The number of nitrogen functional groups attached to an aromatic ring is 1. The Morgan fingerprint density at radius 2 is 2.00 bits per heavy atom. The molecule has 4 heteroatoms. The van der Waals surface area contributed by atoms with Crippen LogP contribution in [-0.4, -0.2) is 16.3 Å². The largest absolute Gasteiger partial charge is 0.394 e. The zero-order valence-corrected chi connectivity index (χ0v) is 11.6. The van der Waals surface area contributed by atoms with Gasteiger partial charge in [0.15, 0.2) is 5.82 Å². The van der Waals surface area contributed by atoms with Crippen molar-refractivity contribution in [1.29, 1.82) is 0 Å². The van der Waals surface area contributed by atoms with E-state index >= 15 is 0 Å². The molecule has 19 heavy (non-hydrogen) atoms. The lowest BCUT2D eigenvalue weighted by atomic mass is 10.1. The first-order valence-electron chi connectivity index (χ1n) is 6.83. The van der Waals surface area contributed by atoms with Crippen LogP contribution in [0, 0.1) is 6.92 Å². The third-order valence-corrected chi connectivity index (χ3v) is 3.85. The second kappa shape index (κ2) is 4.61. The molecule has 0 saturated heterocycles. The Kier molecular flexibility index (Phi) is 2.93. The van der Waals surface area contributed by atoms with Crippen molar-refractivity contribution in [2.75, 3.05) is 17.2 Å². The molecule has 0 amide bonds. The molecular weight excluding hydrogens is 236 g/mol. The van der Waals surface area contributed by atoms with Crippen LogP contribution in [0.25, 0.3) is 0 Å².